The number of nitrogens with one attached hydrogen (secondary N) is 1. The Morgan fingerprint density at radius 3 is 2.81 bits per heavy atom. The van der Waals surface area contributed by atoms with Crippen molar-refractivity contribution in [2.24, 2.45) is 0 Å². The maximum Gasteiger partial charge on any atom is 0.265 e. The Kier molecular flexibility index (Phi) is 3.64. The SMILES string of the molecule is Nc1ccc(NC2CCOc3ccccc32)c(C(F)F)c1. The van der Waals surface area contributed by atoms with E-state index in [9.17, 15) is 8.78 Å². The van der Waals surface area contributed by atoms with E-state index in [-0.39, 0.29) is 11.6 Å². The van der Waals surface area contributed by atoms with E-state index in [1.54, 1.807) is 12.1 Å². The van der Waals surface area contributed by atoms with Crippen LogP contribution in [-0.4, -0.2) is 6.61 Å². The van der Waals surface area contributed by atoms with Crippen LogP contribution < -0.4 is 15.8 Å². The van der Waals surface area contributed by atoms with E-state index in [1.807, 2.05) is 24.3 Å². The van der Waals surface area contributed by atoms with Gasteiger partial charge in [-0.2, -0.15) is 0 Å². The van der Waals surface area contributed by atoms with Crippen molar-refractivity contribution in [3.8, 4) is 5.75 Å². The van der Waals surface area contributed by atoms with Gasteiger partial charge in [-0.15, -0.1) is 0 Å². The quantitative estimate of drug-likeness (QED) is 0.835. The molecule has 0 radical (unpaired) electrons. The Bertz CT molecular complexity index is 646. The first-order chi connectivity index (χ1) is 10.1. The van der Waals surface area contributed by atoms with Crippen LogP contribution in [0.3, 0.4) is 0 Å². The van der Waals surface area contributed by atoms with E-state index in [4.69, 9.17) is 10.5 Å². The zero-order chi connectivity index (χ0) is 14.8. The summed E-state index contributed by atoms with van der Waals surface area (Å²) >= 11 is 0. The van der Waals surface area contributed by atoms with Crippen LogP contribution in [0, 0.1) is 0 Å². The summed E-state index contributed by atoms with van der Waals surface area (Å²) in [5.41, 5.74) is 7.26. The number of nitrogens with two attached hydrogens (primary N) is 1. The lowest BCUT2D eigenvalue weighted by Gasteiger charge is -2.28. The molecular formula is C16H16F2N2O. The van der Waals surface area contributed by atoms with Crippen LogP contribution in [0.2, 0.25) is 0 Å². The lowest BCUT2D eigenvalue weighted by Crippen LogP contribution is -2.21. The standard InChI is InChI=1S/C16H16F2N2O/c17-16(18)12-9-10(19)5-6-13(12)20-14-7-8-21-15-4-2-1-3-11(14)15/h1-6,9,14,16,20H,7-8,19H2. The van der Waals surface area contributed by atoms with Crippen LogP contribution in [0.4, 0.5) is 20.2 Å². The minimum Gasteiger partial charge on any atom is -0.493 e. The molecule has 5 heteroatoms. The topological polar surface area (TPSA) is 47.3 Å². The van der Waals surface area contributed by atoms with Gasteiger partial charge in [-0.05, 0) is 24.3 Å². The molecule has 110 valence electrons. The van der Waals surface area contributed by atoms with Crippen molar-refractivity contribution in [1.82, 2.24) is 0 Å². The predicted molar refractivity (Wildman–Crippen MR) is 78.7 cm³/mol. The highest BCUT2D eigenvalue weighted by Gasteiger charge is 2.23. The minimum absolute atomic E-state index is 0.0453. The highest BCUT2D eigenvalue weighted by atomic mass is 19.3. The number of rotatable bonds is 3. The lowest BCUT2D eigenvalue weighted by atomic mass is 9.99. The molecule has 0 aromatic heterocycles. The second-order valence-electron chi connectivity index (χ2n) is 5.02. The van der Waals surface area contributed by atoms with Crippen molar-refractivity contribution < 1.29 is 13.5 Å². The molecule has 0 fully saturated rings. The molecule has 0 saturated heterocycles. The van der Waals surface area contributed by atoms with Gasteiger partial charge in [-0.1, -0.05) is 18.2 Å². The maximum absolute atomic E-state index is 13.1. The van der Waals surface area contributed by atoms with E-state index >= 15 is 0 Å². The van der Waals surface area contributed by atoms with Crippen molar-refractivity contribution in [2.45, 2.75) is 18.9 Å². The van der Waals surface area contributed by atoms with Gasteiger partial charge in [0.1, 0.15) is 5.75 Å². The normalized spacial score (nSPS) is 17.2. The van der Waals surface area contributed by atoms with Crippen LogP contribution in [0.5, 0.6) is 5.75 Å². The van der Waals surface area contributed by atoms with E-state index in [0.717, 1.165) is 17.7 Å². The molecule has 1 aliphatic heterocycles. The Balaban J connectivity index is 1.92. The van der Waals surface area contributed by atoms with E-state index in [2.05, 4.69) is 5.32 Å². The van der Waals surface area contributed by atoms with Crippen LogP contribution >= 0.6 is 0 Å². The summed E-state index contributed by atoms with van der Waals surface area (Å²) in [7, 11) is 0. The van der Waals surface area contributed by atoms with Gasteiger partial charge in [0.25, 0.3) is 6.43 Å². The van der Waals surface area contributed by atoms with Gasteiger partial charge in [0, 0.05) is 28.9 Å². The summed E-state index contributed by atoms with van der Waals surface area (Å²) in [4.78, 5) is 0. The van der Waals surface area contributed by atoms with Crippen molar-refractivity contribution in [3.63, 3.8) is 0 Å². The summed E-state index contributed by atoms with van der Waals surface area (Å²) in [6, 6.07) is 12.2. The van der Waals surface area contributed by atoms with Crippen LogP contribution in [0.1, 0.15) is 30.0 Å². The summed E-state index contributed by atoms with van der Waals surface area (Å²) in [5.74, 6) is 0.801. The lowest BCUT2D eigenvalue weighted by molar-refractivity contribution is 0.152. The number of nitrogen functional groups attached to an aromatic ring is 1. The minimum atomic E-state index is -2.56. The van der Waals surface area contributed by atoms with Crippen molar-refractivity contribution in [1.29, 1.82) is 0 Å². The second-order valence-corrected chi connectivity index (χ2v) is 5.02. The molecule has 3 N–H and O–H groups in total. The van der Waals surface area contributed by atoms with E-state index < -0.39 is 6.43 Å². The number of anilines is 2. The fourth-order valence-electron chi connectivity index (χ4n) is 2.57. The van der Waals surface area contributed by atoms with Gasteiger partial charge in [0.2, 0.25) is 0 Å². The summed E-state index contributed by atoms with van der Waals surface area (Å²) in [6.07, 6.45) is -1.84. The Morgan fingerprint density at radius 2 is 2.00 bits per heavy atom. The molecule has 1 heterocycles. The zero-order valence-corrected chi connectivity index (χ0v) is 11.4. The van der Waals surface area contributed by atoms with Crippen LogP contribution in [0.15, 0.2) is 42.5 Å². The Morgan fingerprint density at radius 1 is 1.19 bits per heavy atom. The van der Waals surface area contributed by atoms with Crippen LogP contribution in [0.25, 0.3) is 0 Å². The Labute approximate surface area is 121 Å². The molecular weight excluding hydrogens is 274 g/mol. The molecule has 0 amide bonds. The van der Waals surface area contributed by atoms with Crippen molar-refractivity contribution >= 4 is 11.4 Å². The molecule has 2 aromatic rings. The molecule has 3 rings (SSSR count). The molecule has 1 unspecified atom stereocenters. The fourth-order valence-corrected chi connectivity index (χ4v) is 2.57. The van der Waals surface area contributed by atoms with Crippen molar-refractivity contribution in [2.75, 3.05) is 17.7 Å². The first kappa shape index (κ1) is 13.7. The van der Waals surface area contributed by atoms with Gasteiger partial charge >= 0.3 is 0 Å². The maximum atomic E-state index is 13.1. The smallest absolute Gasteiger partial charge is 0.265 e. The molecule has 1 atom stereocenters. The molecule has 0 aliphatic carbocycles. The first-order valence-corrected chi connectivity index (χ1v) is 6.81. The zero-order valence-electron chi connectivity index (χ0n) is 11.4. The Hall–Kier alpha value is -2.30. The number of halogens is 2. The van der Waals surface area contributed by atoms with Crippen molar-refractivity contribution in [3.05, 3.63) is 53.6 Å². The predicted octanol–water partition coefficient (Wildman–Crippen LogP) is 4.14. The molecule has 0 saturated carbocycles. The monoisotopic (exact) mass is 290 g/mol. The van der Waals surface area contributed by atoms with E-state index in [1.165, 1.54) is 6.07 Å². The number of ether oxygens (including phenoxy) is 1. The average Bonchev–Trinajstić information content (AvgIpc) is 2.49. The average molecular weight is 290 g/mol. The van der Waals surface area contributed by atoms with Gasteiger partial charge in [-0.25, -0.2) is 8.78 Å². The second kappa shape index (κ2) is 5.60. The number of alkyl halides is 2. The highest BCUT2D eigenvalue weighted by molar-refractivity contribution is 5.60. The molecule has 2 aromatic carbocycles. The van der Waals surface area contributed by atoms with Crippen LogP contribution in [-0.2, 0) is 0 Å². The number of hydrogen-bond donors (Lipinski definition) is 2. The third kappa shape index (κ3) is 2.77. The number of fused-ring (bicyclic) bond motifs is 1. The number of hydrogen-bond acceptors (Lipinski definition) is 3. The molecule has 0 bridgehead atoms. The number of para-hydroxylation sites is 1. The molecule has 21 heavy (non-hydrogen) atoms. The molecule has 1 aliphatic rings. The van der Waals surface area contributed by atoms with Gasteiger partial charge in [-0.3, -0.25) is 0 Å². The fraction of sp³-hybridized carbons (Fsp3) is 0.250. The largest absolute Gasteiger partial charge is 0.493 e. The summed E-state index contributed by atoms with van der Waals surface area (Å²) in [5, 5.41) is 3.20. The molecule has 0 spiro atoms. The van der Waals surface area contributed by atoms with E-state index in [0.29, 0.717) is 18.0 Å². The van der Waals surface area contributed by atoms with Gasteiger partial charge in [0.15, 0.2) is 0 Å². The third-order valence-corrected chi connectivity index (χ3v) is 3.60. The summed E-state index contributed by atoms with van der Waals surface area (Å²) < 4.78 is 31.9. The summed E-state index contributed by atoms with van der Waals surface area (Å²) in [6.45, 7) is 0.563. The third-order valence-electron chi connectivity index (χ3n) is 3.60. The van der Waals surface area contributed by atoms with Gasteiger partial charge in [0.05, 0.1) is 12.6 Å². The highest BCUT2D eigenvalue weighted by Crippen LogP contribution is 2.37. The number of benzene rings is 2. The first-order valence-electron chi connectivity index (χ1n) is 6.81. The molecule has 3 nitrogen and oxygen atoms in total. The van der Waals surface area contributed by atoms with Gasteiger partial charge < -0.3 is 15.8 Å².